The molecule has 4 aliphatic heterocycles. The molecule has 1 aliphatic carbocycles. The first-order valence-electron chi connectivity index (χ1n) is 17.5. The van der Waals surface area contributed by atoms with Crippen LogP contribution in [-0.4, -0.2) is 51.7 Å². The van der Waals surface area contributed by atoms with E-state index in [0.717, 1.165) is 19.3 Å². The van der Waals surface area contributed by atoms with Gasteiger partial charge >= 0.3 is 5.97 Å². The third-order valence-electron chi connectivity index (χ3n) is 11.0. The third-order valence-corrected chi connectivity index (χ3v) is 11.3. The van der Waals surface area contributed by atoms with Crippen LogP contribution in [0.4, 0.5) is 15.9 Å². The van der Waals surface area contributed by atoms with Gasteiger partial charge in [-0.05, 0) is 80.3 Å². The van der Waals surface area contributed by atoms with Gasteiger partial charge < -0.3 is 19.5 Å². The van der Waals surface area contributed by atoms with Crippen LogP contribution >= 0.6 is 11.6 Å². The molecular formula is C37H42ClFN4O8. The Bertz CT molecular complexity index is 1850. The highest BCUT2D eigenvalue weighted by atomic mass is 35.5. The fourth-order valence-corrected chi connectivity index (χ4v) is 8.54. The van der Waals surface area contributed by atoms with Gasteiger partial charge in [-0.15, -0.1) is 0 Å². The average molecular weight is 725 g/mol. The Morgan fingerprint density at radius 2 is 1.88 bits per heavy atom. The number of hydrogen-bond donors (Lipinski definition) is 1. The molecule has 2 amide bonds. The minimum Gasteiger partial charge on any atom is -0.461 e. The van der Waals surface area contributed by atoms with Crippen LogP contribution in [0.2, 0.25) is 5.02 Å². The summed E-state index contributed by atoms with van der Waals surface area (Å²) < 4.78 is 32.2. The molecule has 51 heavy (non-hydrogen) atoms. The van der Waals surface area contributed by atoms with Gasteiger partial charge in [0.1, 0.15) is 25.0 Å². The number of hydrogen-bond acceptors (Lipinski definition) is 10. The van der Waals surface area contributed by atoms with Crippen molar-refractivity contribution in [3.63, 3.8) is 0 Å². The molecule has 1 saturated carbocycles. The van der Waals surface area contributed by atoms with Gasteiger partial charge in [0, 0.05) is 43.4 Å². The minimum atomic E-state index is -0.899. The lowest BCUT2D eigenvalue weighted by Gasteiger charge is -2.60. The van der Waals surface area contributed by atoms with Crippen LogP contribution < -0.4 is 10.2 Å². The van der Waals surface area contributed by atoms with Crippen LogP contribution in [0, 0.1) is 29.5 Å². The van der Waals surface area contributed by atoms with Gasteiger partial charge in [-0.1, -0.05) is 31.5 Å². The van der Waals surface area contributed by atoms with Crippen molar-refractivity contribution in [2.45, 2.75) is 103 Å². The second-order valence-corrected chi connectivity index (χ2v) is 14.8. The van der Waals surface area contributed by atoms with E-state index in [0.29, 0.717) is 34.5 Å². The van der Waals surface area contributed by atoms with Crippen molar-refractivity contribution < 1.29 is 42.8 Å². The Morgan fingerprint density at radius 3 is 2.67 bits per heavy atom. The first-order chi connectivity index (χ1) is 24.4. The number of amides is 2. The first kappa shape index (κ1) is 35.6. The van der Waals surface area contributed by atoms with E-state index in [1.54, 1.807) is 18.2 Å². The van der Waals surface area contributed by atoms with Gasteiger partial charge in [0.2, 0.25) is 17.6 Å². The summed E-state index contributed by atoms with van der Waals surface area (Å²) in [6, 6.07) is 9.19. The Morgan fingerprint density at radius 1 is 1.06 bits per heavy atom. The maximum atomic E-state index is 13.9. The second kappa shape index (κ2) is 14.0. The Labute approximate surface area is 300 Å². The molecule has 0 unspecified atom stereocenters. The van der Waals surface area contributed by atoms with E-state index in [-0.39, 0.29) is 66.3 Å². The van der Waals surface area contributed by atoms with Crippen molar-refractivity contribution in [3.8, 4) is 0 Å². The zero-order valence-corrected chi connectivity index (χ0v) is 29.8. The Hall–Kier alpha value is -3.75. The van der Waals surface area contributed by atoms with Crippen LogP contribution in [0.25, 0.3) is 10.9 Å². The number of anilines is 2. The summed E-state index contributed by atoms with van der Waals surface area (Å²) in [5.74, 6) is -1.57. The number of nitrogens with one attached hydrogen (secondary N) is 1. The summed E-state index contributed by atoms with van der Waals surface area (Å²) in [4.78, 5) is 60.5. The summed E-state index contributed by atoms with van der Waals surface area (Å²) in [7, 11) is 0. The highest BCUT2D eigenvalue weighted by Crippen LogP contribution is 2.60. The normalized spacial score (nSPS) is 31.0. The van der Waals surface area contributed by atoms with E-state index >= 15 is 0 Å². The largest absolute Gasteiger partial charge is 0.461 e. The molecule has 5 aliphatic rings. The van der Waals surface area contributed by atoms with Crippen molar-refractivity contribution in [2.24, 2.45) is 23.7 Å². The molecule has 12 nitrogen and oxygen atoms in total. The summed E-state index contributed by atoms with van der Waals surface area (Å²) in [6.45, 7) is 7.52. The number of esters is 1. The van der Waals surface area contributed by atoms with E-state index in [2.05, 4.69) is 29.1 Å². The van der Waals surface area contributed by atoms with Crippen molar-refractivity contribution in [2.75, 3.05) is 4.90 Å². The molecular weight excluding hydrogens is 683 g/mol. The zero-order chi connectivity index (χ0) is 36.1. The molecule has 4 saturated heterocycles. The predicted octanol–water partition coefficient (Wildman–Crippen LogP) is 6.64. The van der Waals surface area contributed by atoms with Crippen LogP contribution in [-0.2, 0) is 45.0 Å². The van der Waals surface area contributed by atoms with Crippen molar-refractivity contribution >= 4 is 51.8 Å². The number of carbonyl (C=O) groups excluding carboxylic acids is 3. The lowest BCUT2D eigenvalue weighted by molar-refractivity contribution is -0.571. The van der Waals surface area contributed by atoms with Crippen molar-refractivity contribution in [1.29, 1.82) is 0 Å². The second-order valence-electron chi connectivity index (χ2n) is 14.4. The Balaban J connectivity index is 0.943. The lowest BCUT2D eigenvalue weighted by Crippen LogP contribution is -2.71. The molecule has 3 aromatic rings. The molecule has 0 radical (unpaired) electrons. The molecule has 1 N–H and O–H groups in total. The highest BCUT2D eigenvalue weighted by molar-refractivity contribution is 6.31. The monoisotopic (exact) mass is 724 g/mol. The fraction of sp³-hybridized carbons (Fsp3) is 0.541. The summed E-state index contributed by atoms with van der Waals surface area (Å²) in [5.41, 5.74) is 0.825. The van der Waals surface area contributed by atoms with E-state index in [9.17, 15) is 18.8 Å². The number of nitrogens with zero attached hydrogens (tertiary/aromatic N) is 3. The summed E-state index contributed by atoms with van der Waals surface area (Å²) >= 11 is 6.00. The minimum absolute atomic E-state index is 0.0382. The van der Waals surface area contributed by atoms with Crippen molar-refractivity contribution in [3.05, 3.63) is 59.1 Å². The van der Waals surface area contributed by atoms with Crippen LogP contribution in [0.15, 0.2) is 42.7 Å². The number of rotatable bonds is 9. The highest BCUT2D eigenvalue weighted by Gasteiger charge is 2.69. The van der Waals surface area contributed by atoms with E-state index in [1.165, 1.54) is 36.4 Å². The van der Waals surface area contributed by atoms with Crippen LogP contribution in [0.5, 0.6) is 0 Å². The number of aromatic nitrogens is 2. The zero-order valence-electron chi connectivity index (χ0n) is 29.0. The van der Waals surface area contributed by atoms with E-state index in [1.807, 2.05) is 6.92 Å². The molecule has 1 spiro atoms. The van der Waals surface area contributed by atoms with Gasteiger partial charge in [-0.3, -0.25) is 19.3 Å². The fourth-order valence-electron chi connectivity index (χ4n) is 8.37. The SMILES string of the molecule is CC(=O)N(c1ccc(F)c(Cl)c1)c1ncnc2ccc(COC(=O)CCCC(=O)N[C@@H]3O[C@@H]4O[C@@]5(C)CC[C@H]6[C@H](C)CC[C@@H]([C@H]3C)[C@@]46OO5)cc12. The molecule has 5 heterocycles. The molecule has 2 aromatic carbocycles. The predicted molar refractivity (Wildman–Crippen MR) is 182 cm³/mol. The standard InChI is InChI=1S/C37H42ClFN4O8/c1-20-8-11-27-21(2)34(48-35-37(27)26(20)14-15-36(4,49-35)50-51-37)42-31(45)6-5-7-32(46)47-18-23-9-13-30-25(16-23)33(41-19-40-30)43(22(3)44)24-10-12-29(39)28(38)17-24/h9-10,12-13,16-17,19-21,26-27,34-35H,5-8,11,14-15,18H2,1-4H3,(H,42,45)/t20-,21-,26+,27+,34-,35-,36-,37-/m1/s1. The maximum absolute atomic E-state index is 13.9. The van der Waals surface area contributed by atoms with Crippen molar-refractivity contribution in [1.82, 2.24) is 15.3 Å². The van der Waals surface area contributed by atoms with Gasteiger partial charge in [0.15, 0.2) is 17.7 Å². The summed E-state index contributed by atoms with van der Waals surface area (Å²) in [5, 5.41) is 3.43. The molecule has 272 valence electrons. The average Bonchev–Trinajstić information content (AvgIpc) is 3.33. The van der Waals surface area contributed by atoms with Gasteiger partial charge in [0.25, 0.3) is 0 Å². The number of benzene rings is 2. The molecule has 14 heteroatoms. The van der Waals surface area contributed by atoms with Crippen LogP contribution in [0.1, 0.15) is 78.2 Å². The van der Waals surface area contributed by atoms with E-state index < -0.39 is 35.7 Å². The quantitative estimate of drug-likeness (QED) is 0.189. The smallest absolute Gasteiger partial charge is 0.306 e. The van der Waals surface area contributed by atoms with Gasteiger partial charge in [-0.2, -0.15) is 0 Å². The number of fused-ring (bicyclic) bond motifs is 3. The number of carbonyl (C=O) groups is 3. The first-order valence-corrected chi connectivity index (χ1v) is 17.9. The molecule has 2 bridgehead atoms. The summed E-state index contributed by atoms with van der Waals surface area (Å²) in [6.07, 6.45) is 4.18. The lowest BCUT2D eigenvalue weighted by atomic mass is 9.58. The molecule has 8 atom stereocenters. The Kier molecular flexibility index (Phi) is 9.78. The molecule has 5 fully saturated rings. The van der Waals surface area contributed by atoms with Gasteiger partial charge in [-0.25, -0.2) is 24.1 Å². The number of ether oxygens (including phenoxy) is 3. The third kappa shape index (κ3) is 6.70. The molecule has 8 rings (SSSR count). The van der Waals surface area contributed by atoms with Crippen LogP contribution in [0.3, 0.4) is 0 Å². The number of halogens is 2. The van der Waals surface area contributed by atoms with E-state index in [4.69, 9.17) is 35.6 Å². The topological polar surface area (TPSA) is 138 Å². The van der Waals surface area contributed by atoms with Gasteiger partial charge in [0.05, 0.1) is 16.2 Å². The maximum Gasteiger partial charge on any atom is 0.306 e. The molecule has 1 aromatic heterocycles.